The summed E-state index contributed by atoms with van der Waals surface area (Å²) in [5, 5.41) is 10.9. The molecular weight excluding hydrogens is 598 g/mol. The summed E-state index contributed by atoms with van der Waals surface area (Å²) in [4.78, 5) is 37.2. The standard InChI is InChI=1S/C24H35N3O2.C15H22O2.C2H6/c1-5-8-9-18-27(17-7-3)23(25)21-15-13-20(14-16-21)12-11-19(4)24(29)26-22(28)10-6-2;1-5-11(2)6-7-13-10-14(17-4)8-9-15(13)12(3)16;1-2/h13-16,19,25H,5-10,17-18H2,1-4H3,(H,26,28,29);8-11H,5-7H2,1-4H3;1-2H3. The van der Waals surface area contributed by atoms with Gasteiger partial charge < -0.3 is 9.64 Å². The number of aryl methyl sites for hydroxylation is 1. The quantitative estimate of drug-likeness (QED) is 0.0614. The van der Waals surface area contributed by atoms with Crippen molar-refractivity contribution in [2.24, 2.45) is 11.8 Å². The van der Waals surface area contributed by atoms with Crippen molar-refractivity contribution >= 4 is 23.4 Å². The van der Waals surface area contributed by atoms with Crippen LogP contribution in [-0.4, -0.2) is 48.5 Å². The Morgan fingerprint density at radius 2 is 1.58 bits per heavy atom. The second-order valence-corrected chi connectivity index (χ2v) is 11.9. The van der Waals surface area contributed by atoms with Crippen molar-refractivity contribution in [2.45, 2.75) is 120 Å². The minimum absolute atomic E-state index is 0.131. The molecule has 2 rings (SSSR count). The van der Waals surface area contributed by atoms with Gasteiger partial charge in [0.05, 0.1) is 13.0 Å². The Morgan fingerprint density at radius 1 is 0.917 bits per heavy atom. The van der Waals surface area contributed by atoms with Gasteiger partial charge in [-0.1, -0.05) is 91.7 Å². The van der Waals surface area contributed by atoms with E-state index in [0.717, 1.165) is 66.8 Å². The number of rotatable bonds is 16. The number of imide groups is 1. The smallest absolute Gasteiger partial charge is 0.241 e. The summed E-state index contributed by atoms with van der Waals surface area (Å²) in [5.41, 5.74) is 3.59. The molecule has 0 aliphatic heterocycles. The molecule has 0 fully saturated rings. The summed E-state index contributed by atoms with van der Waals surface area (Å²) < 4.78 is 5.21. The van der Waals surface area contributed by atoms with Gasteiger partial charge in [0.2, 0.25) is 11.8 Å². The number of nitrogens with one attached hydrogen (secondary N) is 2. The van der Waals surface area contributed by atoms with Gasteiger partial charge in [-0.05, 0) is 87.8 Å². The molecule has 266 valence electrons. The minimum Gasteiger partial charge on any atom is -0.497 e. The average molecular weight is 662 g/mol. The summed E-state index contributed by atoms with van der Waals surface area (Å²) in [6.07, 6.45) is 8.75. The second kappa shape index (κ2) is 26.1. The Labute approximate surface area is 292 Å². The maximum absolute atomic E-state index is 12.0. The molecule has 7 heteroatoms. The molecule has 2 aromatic carbocycles. The van der Waals surface area contributed by atoms with Crippen molar-refractivity contribution < 1.29 is 19.1 Å². The molecule has 0 aliphatic carbocycles. The van der Waals surface area contributed by atoms with Crippen molar-refractivity contribution in [3.8, 4) is 17.6 Å². The van der Waals surface area contributed by atoms with Crippen LogP contribution in [0.25, 0.3) is 0 Å². The molecule has 2 amide bonds. The lowest BCUT2D eigenvalue weighted by Crippen LogP contribution is -2.33. The number of hydrogen-bond acceptors (Lipinski definition) is 5. The van der Waals surface area contributed by atoms with Gasteiger partial charge in [-0.15, -0.1) is 0 Å². The van der Waals surface area contributed by atoms with Crippen molar-refractivity contribution in [1.82, 2.24) is 10.2 Å². The molecule has 48 heavy (non-hydrogen) atoms. The SMILES string of the molecule is CC.CCC(C)CCc1cc(OC)ccc1C(C)=O.CCCCCN(CCC)C(=N)c1ccc(C#CC(C)C(=O)NC(=O)CCC)cc1. The van der Waals surface area contributed by atoms with Crippen molar-refractivity contribution in [3.63, 3.8) is 0 Å². The van der Waals surface area contributed by atoms with Crippen LogP contribution < -0.4 is 10.1 Å². The van der Waals surface area contributed by atoms with E-state index in [2.05, 4.69) is 49.8 Å². The van der Waals surface area contributed by atoms with Crippen LogP contribution in [0, 0.1) is 29.1 Å². The monoisotopic (exact) mass is 661 g/mol. The number of Topliss-reactive ketones (excluding diaryl/α,β-unsaturated/α-hetero) is 1. The maximum Gasteiger partial charge on any atom is 0.241 e. The first-order valence-corrected chi connectivity index (χ1v) is 18.0. The number of benzene rings is 2. The molecule has 2 aromatic rings. The summed E-state index contributed by atoms with van der Waals surface area (Å²) in [6.45, 7) is 19.7. The first kappa shape index (κ1) is 44.1. The third kappa shape index (κ3) is 17.3. The fourth-order valence-corrected chi connectivity index (χ4v) is 4.70. The van der Waals surface area contributed by atoms with Gasteiger partial charge in [0.25, 0.3) is 0 Å². The fraction of sp³-hybridized carbons (Fsp3) is 0.561. The first-order chi connectivity index (χ1) is 23.0. The number of unbranched alkanes of at least 4 members (excludes halogenated alkanes) is 2. The molecule has 0 radical (unpaired) electrons. The molecule has 0 aromatic heterocycles. The minimum atomic E-state index is -0.563. The van der Waals surface area contributed by atoms with E-state index in [9.17, 15) is 14.4 Å². The number of amides is 2. The maximum atomic E-state index is 12.0. The van der Waals surface area contributed by atoms with Gasteiger partial charge >= 0.3 is 0 Å². The largest absolute Gasteiger partial charge is 0.497 e. The molecule has 0 saturated heterocycles. The zero-order chi connectivity index (χ0) is 36.5. The van der Waals surface area contributed by atoms with Gasteiger partial charge in [0.1, 0.15) is 11.6 Å². The number of ether oxygens (including phenoxy) is 1. The van der Waals surface area contributed by atoms with Crippen LogP contribution in [0.5, 0.6) is 5.75 Å². The van der Waals surface area contributed by atoms with Gasteiger partial charge in [-0.2, -0.15) is 0 Å². The van der Waals surface area contributed by atoms with E-state index < -0.39 is 5.92 Å². The highest BCUT2D eigenvalue weighted by atomic mass is 16.5. The van der Waals surface area contributed by atoms with Gasteiger partial charge in [-0.3, -0.25) is 25.1 Å². The third-order valence-corrected chi connectivity index (χ3v) is 7.86. The number of ketones is 1. The molecule has 2 atom stereocenters. The van der Waals surface area contributed by atoms with Crippen LogP contribution in [0.15, 0.2) is 42.5 Å². The van der Waals surface area contributed by atoms with E-state index in [4.69, 9.17) is 10.1 Å². The molecule has 0 bridgehead atoms. The molecule has 0 aliphatic rings. The normalized spacial score (nSPS) is 11.2. The zero-order valence-electron chi connectivity index (χ0n) is 31.6. The molecule has 7 nitrogen and oxygen atoms in total. The number of amidine groups is 1. The van der Waals surface area contributed by atoms with Crippen molar-refractivity contribution in [3.05, 3.63) is 64.7 Å². The highest BCUT2D eigenvalue weighted by molar-refractivity contribution is 5.98. The second-order valence-electron chi connectivity index (χ2n) is 11.9. The van der Waals surface area contributed by atoms with E-state index in [1.54, 1.807) is 21.0 Å². The van der Waals surface area contributed by atoms with Crippen molar-refractivity contribution in [1.29, 1.82) is 5.41 Å². The van der Waals surface area contributed by atoms with E-state index in [1.807, 2.05) is 63.2 Å². The Hall–Kier alpha value is -3.92. The van der Waals surface area contributed by atoms with Crippen molar-refractivity contribution in [2.75, 3.05) is 20.2 Å². The summed E-state index contributed by atoms with van der Waals surface area (Å²) in [6, 6.07) is 13.3. The summed E-state index contributed by atoms with van der Waals surface area (Å²) >= 11 is 0. The Bertz CT molecular complexity index is 1310. The number of carbonyl (C=O) groups excluding carboxylic acids is 3. The highest BCUT2D eigenvalue weighted by Gasteiger charge is 2.14. The Balaban J connectivity index is 0.000000985. The van der Waals surface area contributed by atoms with Gasteiger partial charge in [-0.25, -0.2) is 0 Å². The van der Waals surface area contributed by atoms with E-state index in [-0.39, 0.29) is 17.6 Å². The highest BCUT2D eigenvalue weighted by Crippen LogP contribution is 2.22. The fourth-order valence-electron chi connectivity index (χ4n) is 4.70. The number of nitrogens with zero attached hydrogens (tertiary/aromatic N) is 1. The lowest BCUT2D eigenvalue weighted by molar-refractivity contribution is -0.131. The van der Waals surface area contributed by atoms with E-state index >= 15 is 0 Å². The molecule has 0 spiro atoms. The molecule has 0 heterocycles. The Kier molecular flexibility index (Phi) is 24.0. The van der Waals surface area contributed by atoms with E-state index in [1.165, 1.54) is 19.3 Å². The Morgan fingerprint density at radius 3 is 2.12 bits per heavy atom. The first-order valence-electron chi connectivity index (χ1n) is 18.0. The summed E-state index contributed by atoms with van der Waals surface area (Å²) in [5.74, 6) is 6.89. The number of carbonyl (C=O) groups is 3. The zero-order valence-corrected chi connectivity index (χ0v) is 31.6. The third-order valence-electron chi connectivity index (χ3n) is 7.86. The number of hydrogen-bond donors (Lipinski definition) is 2. The predicted octanol–water partition coefficient (Wildman–Crippen LogP) is 9.25. The molecular formula is C41H63N3O4. The molecule has 2 N–H and O–H groups in total. The van der Waals surface area contributed by atoms with Crippen LogP contribution in [0.1, 0.15) is 141 Å². The van der Waals surface area contributed by atoms with Gasteiger partial charge in [0.15, 0.2) is 5.78 Å². The molecule has 0 saturated carbocycles. The van der Waals surface area contributed by atoms with Crippen LogP contribution in [0.4, 0.5) is 0 Å². The van der Waals surface area contributed by atoms with Gasteiger partial charge in [0, 0.05) is 36.2 Å². The van der Waals surface area contributed by atoms with Crippen LogP contribution >= 0.6 is 0 Å². The predicted molar refractivity (Wildman–Crippen MR) is 201 cm³/mol. The average Bonchev–Trinajstić information content (AvgIpc) is 3.10. The lowest BCUT2D eigenvalue weighted by Gasteiger charge is -2.25. The lowest BCUT2D eigenvalue weighted by atomic mass is 9.94. The topological polar surface area (TPSA) is 99.6 Å². The van der Waals surface area contributed by atoms with Crippen LogP contribution in [0.2, 0.25) is 0 Å². The number of methoxy groups -OCH3 is 1. The van der Waals surface area contributed by atoms with E-state index in [0.29, 0.717) is 24.6 Å². The molecule has 2 unspecified atom stereocenters. The van der Waals surface area contributed by atoms with Crippen LogP contribution in [0.3, 0.4) is 0 Å². The summed E-state index contributed by atoms with van der Waals surface area (Å²) in [7, 11) is 1.65. The van der Waals surface area contributed by atoms with Crippen LogP contribution in [-0.2, 0) is 16.0 Å².